The summed E-state index contributed by atoms with van der Waals surface area (Å²) in [6, 6.07) is 3.55. The minimum Gasteiger partial charge on any atom is -0.396 e. The zero-order valence-corrected chi connectivity index (χ0v) is 15.3. The lowest BCUT2D eigenvalue weighted by molar-refractivity contribution is 0.122. The van der Waals surface area contributed by atoms with Gasteiger partial charge in [0.2, 0.25) is 0 Å². The fourth-order valence-electron chi connectivity index (χ4n) is 1.89. The first-order valence-electron chi connectivity index (χ1n) is 6.77. The average Bonchev–Trinajstić information content (AvgIpc) is 2.55. The Bertz CT molecular complexity index is 668. The molecule has 4 N–H and O–H groups in total. The SMILES string of the molecule is Nc1cc(Br)cnc1Cl.Nc1cc(N2CCOCC2)cnc1Cl. The van der Waals surface area contributed by atoms with Crippen LogP contribution >= 0.6 is 39.1 Å². The van der Waals surface area contributed by atoms with Crippen LogP contribution in [-0.2, 0) is 4.74 Å². The second-order valence-corrected chi connectivity index (χ2v) is 6.34. The molecule has 1 aliphatic heterocycles. The fourth-order valence-corrected chi connectivity index (χ4v) is 2.44. The minimum atomic E-state index is 0.346. The Morgan fingerprint density at radius 3 is 2.09 bits per heavy atom. The highest BCUT2D eigenvalue weighted by Gasteiger charge is 2.12. The van der Waals surface area contributed by atoms with E-state index in [2.05, 4.69) is 30.8 Å². The lowest BCUT2D eigenvalue weighted by Crippen LogP contribution is -2.36. The highest BCUT2D eigenvalue weighted by Crippen LogP contribution is 2.22. The number of rotatable bonds is 1. The van der Waals surface area contributed by atoms with Crippen molar-refractivity contribution < 1.29 is 4.74 Å². The van der Waals surface area contributed by atoms with Crippen LogP contribution in [0.15, 0.2) is 29.0 Å². The second kappa shape index (κ2) is 8.54. The first kappa shape index (κ1) is 18.1. The number of halogens is 3. The smallest absolute Gasteiger partial charge is 0.152 e. The third kappa shape index (κ3) is 5.39. The van der Waals surface area contributed by atoms with Crippen molar-refractivity contribution in [2.75, 3.05) is 42.7 Å². The van der Waals surface area contributed by atoms with Gasteiger partial charge in [-0.1, -0.05) is 23.2 Å². The Kier molecular flexibility index (Phi) is 6.71. The fraction of sp³-hybridized carbons (Fsp3) is 0.286. The van der Waals surface area contributed by atoms with Gasteiger partial charge in [-0.05, 0) is 28.1 Å². The number of nitrogen functional groups attached to an aromatic ring is 2. The van der Waals surface area contributed by atoms with Crippen LogP contribution in [0.25, 0.3) is 0 Å². The molecule has 0 aliphatic carbocycles. The van der Waals surface area contributed by atoms with Crippen LogP contribution < -0.4 is 16.4 Å². The standard InChI is InChI=1S/C9H12ClN3O.C5H4BrClN2/c10-9-8(11)5-7(6-12-9)13-1-3-14-4-2-13;6-3-1-4(8)5(7)9-2-3/h5-6H,1-4,11H2;1-2H,8H2. The molecule has 1 saturated heterocycles. The number of aromatic nitrogens is 2. The average molecular weight is 421 g/mol. The maximum absolute atomic E-state index is 5.74. The monoisotopic (exact) mass is 419 g/mol. The summed E-state index contributed by atoms with van der Waals surface area (Å²) in [5, 5.41) is 0.709. The van der Waals surface area contributed by atoms with E-state index in [1.54, 1.807) is 18.5 Å². The number of anilines is 3. The largest absolute Gasteiger partial charge is 0.396 e. The number of nitrogens with zero attached hydrogens (tertiary/aromatic N) is 3. The first-order chi connectivity index (χ1) is 11.0. The van der Waals surface area contributed by atoms with Crippen molar-refractivity contribution in [1.82, 2.24) is 9.97 Å². The summed E-state index contributed by atoms with van der Waals surface area (Å²) in [5.74, 6) is 0. The molecule has 9 heteroatoms. The Labute approximate surface area is 152 Å². The van der Waals surface area contributed by atoms with Gasteiger partial charge in [-0.2, -0.15) is 0 Å². The van der Waals surface area contributed by atoms with Crippen molar-refractivity contribution in [3.8, 4) is 0 Å². The van der Waals surface area contributed by atoms with E-state index < -0.39 is 0 Å². The number of hydrogen-bond acceptors (Lipinski definition) is 6. The molecule has 2 aromatic rings. The third-order valence-corrected chi connectivity index (χ3v) is 4.13. The molecule has 124 valence electrons. The molecular weight excluding hydrogens is 405 g/mol. The predicted octanol–water partition coefficient (Wildman–Crippen LogP) is 3.23. The maximum atomic E-state index is 5.74. The van der Waals surface area contributed by atoms with Gasteiger partial charge in [0, 0.05) is 23.8 Å². The Balaban J connectivity index is 0.000000185. The lowest BCUT2D eigenvalue weighted by Gasteiger charge is -2.28. The quantitative estimate of drug-likeness (QED) is 0.688. The Hall–Kier alpha value is -1.28. The molecule has 3 rings (SSSR count). The van der Waals surface area contributed by atoms with Crippen LogP contribution in [0.5, 0.6) is 0 Å². The summed E-state index contributed by atoms with van der Waals surface area (Å²) >= 11 is 14.5. The van der Waals surface area contributed by atoms with Crippen molar-refractivity contribution in [3.63, 3.8) is 0 Å². The molecule has 0 atom stereocenters. The molecule has 0 saturated carbocycles. The van der Waals surface area contributed by atoms with Gasteiger partial charge in [0.05, 0.1) is 36.5 Å². The number of ether oxygens (including phenoxy) is 1. The zero-order chi connectivity index (χ0) is 16.8. The van der Waals surface area contributed by atoms with E-state index in [0.29, 0.717) is 21.7 Å². The topological polar surface area (TPSA) is 90.3 Å². The van der Waals surface area contributed by atoms with Crippen molar-refractivity contribution in [2.24, 2.45) is 0 Å². The van der Waals surface area contributed by atoms with E-state index in [1.807, 2.05) is 6.07 Å². The summed E-state index contributed by atoms with van der Waals surface area (Å²) in [4.78, 5) is 9.97. The van der Waals surface area contributed by atoms with E-state index >= 15 is 0 Å². The van der Waals surface area contributed by atoms with Crippen LogP contribution in [0.3, 0.4) is 0 Å². The molecule has 0 amide bonds. The zero-order valence-electron chi connectivity index (χ0n) is 12.2. The number of pyridine rings is 2. The van der Waals surface area contributed by atoms with E-state index in [4.69, 9.17) is 39.4 Å². The number of nitrogens with two attached hydrogens (primary N) is 2. The van der Waals surface area contributed by atoms with Gasteiger partial charge in [0.25, 0.3) is 0 Å². The van der Waals surface area contributed by atoms with Crippen LogP contribution in [0.2, 0.25) is 10.3 Å². The van der Waals surface area contributed by atoms with Gasteiger partial charge >= 0.3 is 0 Å². The molecule has 1 fully saturated rings. The first-order valence-corrected chi connectivity index (χ1v) is 8.32. The van der Waals surface area contributed by atoms with Gasteiger partial charge < -0.3 is 21.1 Å². The third-order valence-electron chi connectivity index (χ3n) is 3.06. The maximum Gasteiger partial charge on any atom is 0.152 e. The van der Waals surface area contributed by atoms with Crippen molar-refractivity contribution in [1.29, 1.82) is 0 Å². The van der Waals surface area contributed by atoms with Crippen molar-refractivity contribution >= 4 is 56.2 Å². The molecule has 0 aromatic carbocycles. The summed E-state index contributed by atoms with van der Waals surface area (Å²) in [6.45, 7) is 3.26. The molecule has 0 bridgehead atoms. The van der Waals surface area contributed by atoms with E-state index in [9.17, 15) is 0 Å². The molecule has 1 aliphatic rings. The Morgan fingerprint density at radius 2 is 1.57 bits per heavy atom. The van der Waals surface area contributed by atoms with E-state index in [1.165, 1.54) is 0 Å². The second-order valence-electron chi connectivity index (χ2n) is 4.71. The van der Waals surface area contributed by atoms with Gasteiger partial charge in [0.1, 0.15) is 0 Å². The summed E-state index contributed by atoms with van der Waals surface area (Å²) in [7, 11) is 0. The van der Waals surface area contributed by atoms with Crippen molar-refractivity contribution in [2.45, 2.75) is 0 Å². The van der Waals surface area contributed by atoms with Gasteiger partial charge in [-0.3, -0.25) is 0 Å². The van der Waals surface area contributed by atoms with Crippen LogP contribution in [-0.4, -0.2) is 36.3 Å². The van der Waals surface area contributed by atoms with Crippen LogP contribution in [0, 0.1) is 0 Å². The highest BCUT2D eigenvalue weighted by molar-refractivity contribution is 9.10. The Morgan fingerprint density at radius 1 is 1.00 bits per heavy atom. The molecule has 3 heterocycles. The number of morpholine rings is 1. The lowest BCUT2D eigenvalue weighted by atomic mass is 10.3. The van der Waals surface area contributed by atoms with E-state index in [0.717, 1.165) is 36.5 Å². The minimum absolute atomic E-state index is 0.346. The van der Waals surface area contributed by atoms with Crippen molar-refractivity contribution in [3.05, 3.63) is 39.3 Å². The summed E-state index contributed by atoms with van der Waals surface area (Å²) in [5.41, 5.74) is 13.1. The van der Waals surface area contributed by atoms with Gasteiger partial charge in [-0.25, -0.2) is 9.97 Å². The number of hydrogen-bond donors (Lipinski definition) is 2. The molecule has 23 heavy (non-hydrogen) atoms. The van der Waals surface area contributed by atoms with Gasteiger partial charge in [-0.15, -0.1) is 0 Å². The van der Waals surface area contributed by atoms with E-state index in [-0.39, 0.29) is 0 Å². The normalized spacial score (nSPS) is 14.1. The molecule has 0 radical (unpaired) electrons. The molecule has 0 unspecified atom stereocenters. The summed E-state index contributed by atoms with van der Waals surface area (Å²) in [6.07, 6.45) is 3.34. The molecular formula is C14H16BrCl2N5O. The predicted molar refractivity (Wildman–Crippen MR) is 98.1 cm³/mol. The highest BCUT2D eigenvalue weighted by atomic mass is 79.9. The molecule has 2 aromatic heterocycles. The summed E-state index contributed by atoms with van der Waals surface area (Å²) < 4.78 is 6.09. The van der Waals surface area contributed by atoms with Gasteiger partial charge in [0.15, 0.2) is 10.3 Å². The van der Waals surface area contributed by atoms with Crippen LogP contribution in [0.4, 0.5) is 17.1 Å². The van der Waals surface area contributed by atoms with Crippen LogP contribution in [0.1, 0.15) is 0 Å². The molecule has 0 spiro atoms. The molecule has 6 nitrogen and oxygen atoms in total.